The first-order chi connectivity index (χ1) is 14.5. The van der Waals surface area contributed by atoms with Gasteiger partial charge >= 0.3 is 5.97 Å². The van der Waals surface area contributed by atoms with E-state index >= 15 is 0 Å². The molecule has 0 saturated heterocycles. The summed E-state index contributed by atoms with van der Waals surface area (Å²) in [5, 5.41) is 33.4. The van der Waals surface area contributed by atoms with Gasteiger partial charge in [-0.25, -0.2) is 10.2 Å². The van der Waals surface area contributed by atoms with Crippen LogP contribution in [-0.2, 0) is 5.41 Å². The summed E-state index contributed by atoms with van der Waals surface area (Å²) in [4.78, 5) is 23.3. The molecule has 0 saturated carbocycles. The molecule has 2 rings (SSSR count). The fourth-order valence-electron chi connectivity index (χ4n) is 2.72. The number of amides is 1. The number of rotatable bonds is 7. The Hall–Kier alpha value is -3.30. The first-order valence-electron chi connectivity index (χ1n) is 9.56. The van der Waals surface area contributed by atoms with Crippen molar-refractivity contribution in [2.75, 3.05) is 7.05 Å². The number of nitrogens with two attached hydrogens (primary N) is 1. The Morgan fingerprint density at radius 2 is 1.65 bits per heavy atom. The van der Waals surface area contributed by atoms with E-state index in [-0.39, 0.29) is 32.4 Å². The third-order valence-corrected chi connectivity index (χ3v) is 5.64. The number of hydrogen-bond donors (Lipinski definition) is 5. The molecule has 1 aromatic heterocycles. The van der Waals surface area contributed by atoms with Gasteiger partial charge in [-0.15, -0.1) is 11.3 Å². The molecule has 0 atom stereocenters. The van der Waals surface area contributed by atoms with E-state index in [0.717, 1.165) is 22.5 Å². The maximum Gasteiger partial charge on any atom is 0.345 e. The first kappa shape index (κ1) is 24.0. The zero-order chi connectivity index (χ0) is 23.3. The minimum Gasteiger partial charge on any atom is -0.501 e. The number of nitrogens with zero attached hydrogens (tertiary/aromatic N) is 1. The van der Waals surface area contributed by atoms with Gasteiger partial charge in [0.2, 0.25) is 5.76 Å². The van der Waals surface area contributed by atoms with E-state index in [1.165, 1.54) is 19.1 Å². The third kappa shape index (κ3) is 5.87. The van der Waals surface area contributed by atoms with Crippen molar-refractivity contribution in [3.8, 4) is 0 Å². The summed E-state index contributed by atoms with van der Waals surface area (Å²) in [5.41, 5.74) is 4.56. The Morgan fingerprint density at radius 1 is 1.06 bits per heavy atom. The number of aliphatic hydroxyl groups excluding tert-OH is 1. The molecule has 1 aromatic carbocycles. The summed E-state index contributed by atoms with van der Waals surface area (Å²) in [6.07, 6.45) is 0. The summed E-state index contributed by atoms with van der Waals surface area (Å²) in [6, 6.07) is 10.5. The van der Waals surface area contributed by atoms with Gasteiger partial charge in [-0.2, -0.15) is 5.10 Å². The van der Waals surface area contributed by atoms with Crippen LogP contribution in [0.2, 0.25) is 0 Å². The second-order valence-corrected chi connectivity index (χ2v) is 8.94. The number of carboxylic acid groups (broad SMARTS) is 1. The van der Waals surface area contributed by atoms with Crippen LogP contribution in [0.5, 0.6) is 0 Å². The molecule has 9 heteroatoms. The lowest BCUT2D eigenvalue weighted by Gasteiger charge is -2.19. The highest BCUT2D eigenvalue weighted by Gasteiger charge is 2.20. The van der Waals surface area contributed by atoms with E-state index in [9.17, 15) is 14.7 Å². The highest BCUT2D eigenvalue weighted by Crippen LogP contribution is 2.23. The predicted molar refractivity (Wildman–Crippen MR) is 122 cm³/mol. The largest absolute Gasteiger partial charge is 0.501 e. The summed E-state index contributed by atoms with van der Waals surface area (Å²) in [7, 11) is 1.77. The summed E-state index contributed by atoms with van der Waals surface area (Å²) < 4.78 is 0. The number of thiophene rings is 1. The number of carbonyl (C=O) groups is 2. The molecule has 0 aliphatic carbocycles. The Labute approximate surface area is 184 Å². The van der Waals surface area contributed by atoms with Crippen molar-refractivity contribution >= 4 is 40.3 Å². The number of hydrogen-bond acceptors (Lipinski definition) is 6. The van der Waals surface area contributed by atoms with E-state index < -0.39 is 11.9 Å². The van der Waals surface area contributed by atoms with Gasteiger partial charge in [0.1, 0.15) is 10.6 Å². The predicted octanol–water partition coefficient (Wildman–Crippen LogP) is 2.99. The van der Waals surface area contributed by atoms with Crippen molar-refractivity contribution in [3.05, 3.63) is 63.0 Å². The lowest BCUT2D eigenvalue weighted by atomic mass is 9.86. The SMILES string of the molecule is C[NH2+]C(=C(O)C(=N)C(C)=NNC(=O)c1ccc(C(=O)O)s1)c1ccc(C(C)(C)C)cc1. The number of allylic oxidation sites excluding steroid dienone is 1. The number of carboxylic acids is 1. The molecule has 31 heavy (non-hydrogen) atoms. The molecule has 164 valence electrons. The Kier molecular flexibility index (Phi) is 7.48. The van der Waals surface area contributed by atoms with Crippen molar-refractivity contribution < 1.29 is 25.1 Å². The quantitative estimate of drug-likeness (QED) is 0.255. The molecule has 6 N–H and O–H groups in total. The molecule has 0 spiro atoms. The van der Waals surface area contributed by atoms with E-state index in [2.05, 4.69) is 31.3 Å². The lowest BCUT2D eigenvalue weighted by molar-refractivity contribution is -0.531. The lowest BCUT2D eigenvalue weighted by Crippen LogP contribution is -2.76. The second kappa shape index (κ2) is 9.67. The standard InChI is InChI=1S/C22H26N4O4S/c1-12(25-26-20(28)15-10-11-16(31-15)21(29)30)17(23)19(27)18(24-5)13-6-8-14(9-7-13)22(2,3)4/h6-11,23-24,27H,1-5H3,(H,26,28)(H,29,30)/p+1. The number of aliphatic hydroxyl groups is 1. The fraction of sp³-hybridized carbons (Fsp3) is 0.273. The molecular formula is C22H27N4O4S+. The number of carbonyl (C=O) groups excluding carboxylic acids is 1. The summed E-state index contributed by atoms with van der Waals surface area (Å²) in [6.45, 7) is 7.84. The number of aromatic carboxylic acids is 1. The van der Waals surface area contributed by atoms with E-state index in [4.69, 9.17) is 10.5 Å². The average molecular weight is 444 g/mol. The second-order valence-electron chi connectivity index (χ2n) is 7.86. The Bertz CT molecular complexity index is 1060. The van der Waals surface area contributed by atoms with Crippen molar-refractivity contribution in [1.29, 1.82) is 5.41 Å². The molecule has 1 amide bonds. The topological polar surface area (TPSA) is 139 Å². The maximum absolute atomic E-state index is 12.2. The van der Waals surface area contributed by atoms with Crippen LogP contribution in [0, 0.1) is 5.41 Å². The maximum atomic E-state index is 12.2. The van der Waals surface area contributed by atoms with Gasteiger partial charge in [-0.05, 0) is 42.2 Å². The van der Waals surface area contributed by atoms with Crippen LogP contribution < -0.4 is 10.7 Å². The van der Waals surface area contributed by atoms with Crippen LogP contribution in [0.1, 0.15) is 58.2 Å². The first-order valence-corrected chi connectivity index (χ1v) is 10.4. The van der Waals surface area contributed by atoms with E-state index in [1.54, 1.807) is 12.4 Å². The van der Waals surface area contributed by atoms with Crippen molar-refractivity contribution in [1.82, 2.24) is 5.43 Å². The smallest absolute Gasteiger partial charge is 0.345 e. The summed E-state index contributed by atoms with van der Waals surface area (Å²) in [5.74, 6) is -1.96. The molecular weight excluding hydrogens is 416 g/mol. The third-order valence-electron chi connectivity index (χ3n) is 4.57. The Morgan fingerprint density at radius 3 is 2.13 bits per heavy atom. The number of quaternary nitrogens is 1. The minimum atomic E-state index is -1.11. The molecule has 0 bridgehead atoms. The molecule has 2 aromatic rings. The monoisotopic (exact) mass is 443 g/mol. The molecule has 1 heterocycles. The summed E-state index contributed by atoms with van der Waals surface area (Å²) >= 11 is 0.826. The number of nitrogens with one attached hydrogen (secondary N) is 2. The Balaban J connectivity index is 2.20. The van der Waals surface area contributed by atoms with Crippen LogP contribution in [0.25, 0.3) is 5.70 Å². The highest BCUT2D eigenvalue weighted by molar-refractivity contribution is 7.15. The highest BCUT2D eigenvalue weighted by atomic mass is 32.1. The van der Waals surface area contributed by atoms with E-state index in [0.29, 0.717) is 5.70 Å². The molecule has 0 unspecified atom stereocenters. The fourth-order valence-corrected chi connectivity index (χ4v) is 3.45. The molecule has 0 fully saturated rings. The van der Waals surface area contributed by atoms with Crippen LogP contribution in [-0.4, -0.2) is 40.6 Å². The molecule has 0 radical (unpaired) electrons. The van der Waals surface area contributed by atoms with Gasteiger partial charge in [0.25, 0.3) is 5.91 Å². The number of benzene rings is 1. The van der Waals surface area contributed by atoms with Crippen LogP contribution in [0.4, 0.5) is 0 Å². The minimum absolute atomic E-state index is 0.00232. The van der Waals surface area contributed by atoms with Crippen molar-refractivity contribution in [3.63, 3.8) is 0 Å². The van der Waals surface area contributed by atoms with Gasteiger partial charge in [-0.1, -0.05) is 32.9 Å². The molecule has 8 nitrogen and oxygen atoms in total. The zero-order valence-corrected chi connectivity index (χ0v) is 18.9. The van der Waals surface area contributed by atoms with Crippen molar-refractivity contribution in [2.24, 2.45) is 5.10 Å². The van der Waals surface area contributed by atoms with Gasteiger partial charge in [-0.3, -0.25) is 10.2 Å². The zero-order valence-electron chi connectivity index (χ0n) is 18.1. The van der Waals surface area contributed by atoms with Gasteiger partial charge in [0, 0.05) is 5.56 Å². The average Bonchev–Trinajstić information content (AvgIpc) is 3.22. The van der Waals surface area contributed by atoms with Gasteiger partial charge < -0.3 is 15.5 Å². The number of hydrazone groups is 1. The normalized spacial score (nSPS) is 12.9. The van der Waals surface area contributed by atoms with Crippen LogP contribution >= 0.6 is 11.3 Å². The van der Waals surface area contributed by atoms with Crippen molar-refractivity contribution in [2.45, 2.75) is 33.1 Å². The molecule has 0 aliphatic heterocycles. The van der Waals surface area contributed by atoms with Crippen LogP contribution in [0.3, 0.4) is 0 Å². The van der Waals surface area contributed by atoms with E-state index in [1.807, 2.05) is 24.3 Å². The molecule has 0 aliphatic rings. The van der Waals surface area contributed by atoms with Crippen LogP contribution in [0.15, 0.2) is 47.3 Å². The van der Waals surface area contributed by atoms with Gasteiger partial charge in [0.15, 0.2) is 5.70 Å². The van der Waals surface area contributed by atoms with Gasteiger partial charge in [0.05, 0.1) is 17.6 Å².